The van der Waals surface area contributed by atoms with E-state index in [-0.39, 0.29) is 12.4 Å². The molecule has 1 fully saturated rings. The van der Waals surface area contributed by atoms with E-state index in [0.717, 1.165) is 12.5 Å². The van der Waals surface area contributed by atoms with Crippen LogP contribution in [0.5, 0.6) is 0 Å². The SMILES string of the molecule is Cl.c1ccc(CNCC2CCC2)cc1. The highest BCUT2D eigenvalue weighted by Crippen LogP contribution is 2.25. The van der Waals surface area contributed by atoms with Crippen molar-refractivity contribution < 1.29 is 0 Å². The lowest BCUT2D eigenvalue weighted by Crippen LogP contribution is -2.26. The summed E-state index contributed by atoms with van der Waals surface area (Å²) in [6.45, 7) is 2.23. The third-order valence-corrected chi connectivity index (χ3v) is 2.83. The molecule has 14 heavy (non-hydrogen) atoms. The first kappa shape index (κ1) is 11.5. The van der Waals surface area contributed by atoms with Gasteiger partial charge in [0.15, 0.2) is 0 Å². The summed E-state index contributed by atoms with van der Waals surface area (Å²) in [7, 11) is 0. The normalized spacial score (nSPS) is 15.7. The summed E-state index contributed by atoms with van der Waals surface area (Å²) >= 11 is 0. The number of halogens is 1. The molecule has 1 saturated carbocycles. The van der Waals surface area contributed by atoms with Crippen LogP contribution in [0.1, 0.15) is 24.8 Å². The lowest BCUT2D eigenvalue weighted by Gasteiger charge is -2.25. The first-order valence-electron chi connectivity index (χ1n) is 5.20. The average molecular weight is 212 g/mol. The predicted molar refractivity (Wildman–Crippen MR) is 62.7 cm³/mol. The van der Waals surface area contributed by atoms with Crippen LogP contribution >= 0.6 is 12.4 Å². The predicted octanol–water partition coefficient (Wildman–Crippen LogP) is 3.00. The largest absolute Gasteiger partial charge is 0.312 e. The topological polar surface area (TPSA) is 12.0 Å². The standard InChI is InChI=1S/C12H17N.ClH/c1-2-5-11(6-3-1)9-13-10-12-7-4-8-12;/h1-3,5-6,12-13H,4,7-10H2;1H. The Bertz CT molecular complexity index is 244. The Morgan fingerprint density at radius 1 is 1.14 bits per heavy atom. The van der Waals surface area contributed by atoms with Crippen molar-refractivity contribution in [3.05, 3.63) is 35.9 Å². The van der Waals surface area contributed by atoms with Crippen LogP contribution in [0.25, 0.3) is 0 Å². The third kappa shape index (κ3) is 3.32. The summed E-state index contributed by atoms with van der Waals surface area (Å²) in [6, 6.07) is 10.6. The maximum Gasteiger partial charge on any atom is 0.0205 e. The second kappa shape index (κ2) is 6.05. The molecule has 0 bridgehead atoms. The minimum Gasteiger partial charge on any atom is -0.312 e. The third-order valence-electron chi connectivity index (χ3n) is 2.83. The Labute approximate surface area is 92.3 Å². The molecule has 1 aliphatic rings. The summed E-state index contributed by atoms with van der Waals surface area (Å²) in [5.74, 6) is 0.962. The van der Waals surface area contributed by atoms with Crippen molar-refractivity contribution in [1.82, 2.24) is 5.32 Å². The van der Waals surface area contributed by atoms with E-state index in [0.29, 0.717) is 0 Å². The van der Waals surface area contributed by atoms with E-state index in [1.165, 1.54) is 31.4 Å². The van der Waals surface area contributed by atoms with Gasteiger partial charge in [-0.05, 0) is 30.9 Å². The van der Waals surface area contributed by atoms with Crippen molar-refractivity contribution in [2.75, 3.05) is 6.54 Å². The van der Waals surface area contributed by atoms with Gasteiger partial charge < -0.3 is 5.32 Å². The zero-order valence-electron chi connectivity index (χ0n) is 8.41. The van der Waals surface area contributed by atoms with Gasteiger partial charge in [-0.1, -0.05) is 36.8 Å². The molecule has 1 nitrogen and oxygen atoms in total. The molecule has 0 aliphatic heterocycles. The fourth-order valence-corrected chi connectivity index (χ4v) is 1.71. The monoisotopic (exact) mass is 211 g/mol. The molecule has 0 unspecified atom stereocenters. The maximum absolute atomic E-state index is 3.50. The molecule has 1 N–H and O–H groups in total. The van der Waals surface area contributed by atoms with Gasteiger partial charge in [0.2, 0.25) is 0 Å². The lowest BCUT2D eigenvalue weighted by atomic mass is 9.85. The van der Waals surface area contributed by atoms with E-state index >= 15 is 0 Å². The molecule has 0 atom stereocenters. The zero-order valence-corrected chi connectivity index (χ0v) is 9.22. The van der Waals surface area contributed by atoms with Crippen LogP contribution in [-0.2, 0) is 6.54 Å². The molecule has 1 aromatic rings. The van der Waals surface area contributed by atoms with E-state index in [2.05, 4.69) is 35.6 Å². The Balaban J connectivity index is 0.000000980. The van der Waals surface area contributed by atoms with Crippen LogP contribution in [-0.4, -0.2) is 6.54 Å². The van der Waals surface area contributed by atoms with Crippen LogP contribution in [0.4, 0.5) is 0 Å². The molecule has 2 heteroatoms. The minimum atomic E-state index is 0. The van der Waals surface area contributed by atoms with Crippen molar-refractivity contribution in [1.29, 1.82) is 0 Å². The average Bonchev–Trinajstić information content (AvgIpc) is 2.11. The van der Waals surface area contributed by atoms with E-state index in [1.54, 1.807) is 0 Å². The molecule has 0 heterocycles. The molecule has 0 amide bonds. The van der Waals surface area contributed by atoms with E-state index < -0.39 is 0 Å². The Morgan fingerprint density at radius 2 is 1.86 bits per heavy atom. The lowest BCUT2D eigenvalue weighted by molar-refractivity contribution is 0.301. The molecule has 0 aromatic heterocycles. The van der Waals surface area contributed by atoms with Gasteiger partial charge in [0, 0.05) is 6.54 Å². The number of rotatable bonds is 4. The fourth-order valence-electron chi connectivity index (χ4n) is 1.71. The second-order valence-electron chi connectivity index (χ2n) is 3.91. The molecule has 0 spiro atoms. The molecule has 78 valence electrons. The molecule has 0 radical (unpaired) electrons. The van der Waals surface area contributed by atoms with Gasteiger partial charge in [-0.3, -0.25) is 0 Å². The second-order valence-corrected chi connectivity index (χ2v) is 3.91. The van der Waals surface area contributed by atoms with Crippen LogP contribution in [0.3, 0.4) is 0 Å². The highest BCUT2D eigenvalue weighted by molar-refractivity contribution is 5.85. The van der Waals surface area contributed by atoms with Crippen molar-refractivity contribution in [3.8, 4) is 0 Å². The summed E-state index contributed by atoms with van der Waals surface area (Å²) in [5, 5.41) is 3.50. The molecule has 0 saturated heterocycles. The summed E-state index contributed by atoms with van der Waals surface area (Å²) in [4.78, 5) is 0. The Morgan fingerprint density at radius 3 is 2.43 bits per heavy atom. The van der Waals surface area contributed by atoms with Crippen molar-refractivity contribution >= 4 is 12.4 Å². The zero-order chi connectivity index (χ0) is 8.93. The van der Waals surface area contributed by atoms with Gasteiger partial charge in [-0.2, -0.15) is 0 Å². The van der Waals surface area contributed by atoms with Gasteiger partial charge in [-0.15, -0.1) is 12.4 Å². The van der Waals surface area contributed by atoms with Gasteiger partial charge >= 0.3 is 0 Å². The quantitative estimate of drug-likeness (QED) is 0.808. The number of benzene rings is 1. The van der Waals surface area contributed by atoms with Crippen LogP contribution in [0.2, 0.25) is 0 Å². The Hall–Kier alpha value is -0.530. The van der Waals surface area contributed by atoms with Crippen LogP contribution in [0, 0.1) is 5.92 Å². The van der Waals surface area contributed by atoms with Crippen LogP contribution < -0.4 is 5.32 Å². The number of hydrogen-bond acceptors (Lipinski definition) is 1. The van der Waals surface area contributed by atoms with E-state index in [9.17, 15) is 0 Å². The van der Waals surface area contributed by atoms with Crippen molar-refractivity contribution in [2.45, 2.75) is 25.8 Å². The van der Waals surface area contributed by atoms with Crippen molar-refractivity contribution in [3.63, 3.8) is 0 Å². The first-order chi connectivity index (χ1) is 6.45. The van der Waals surface area contributed by atoms with E-state index in [4.69, 9.17) is 0 Å². The van der Waals surface area contributed by atoms with E-state index in [1.807, 2.05) is 0 Å². The van der Waals surface area contributed by atoms with Crippen LogP contribution in [0.15, 0.2) is 30.3 Å². The molecular formula is C12H18ClN. The summed E-state index contributed by atoms with van der Waals surface area (Å²) in [6.07, 6.45) is 4.31. The fraction of sp³-hybridized carbons (Fsp3) is 0.500. The molecular weight excluding hydrogens is 194 g/mol. The molecule has 2 rings (SSSR count). The highest BCUT2D eigenvalue weighted by Gasteiger charge is 2.15. The van der Waals surface area contributed by atoms with Gasteiger partial charge in [0.1, 0.15) is 0 Å². The van der Waals surface area contributed by atoms with Gasteiger partial charge in [0.05, 0.1) is 0 Å². The van der Waals surface area contributed by atoms with Gasteiger partial charge in [0.25, 0.3) is 0 Å². The maximum atomic E-state index is 3.50. The molecule has 1 aliphatic carbocycles. The first-order valence-corrected chi connectivity index (χ1v) is 5.20. The number of hydrogen-bond donors (Lipinski definition) is 1. The van der Waals surface area contributed by atoms with Crippen molar-refractivity contribution in [2.24, 2.45) is 5.92 Å². The molecule has 1 aromatic carbocycles. The highest BCUT2D eigenvalue weighted by atomic mass is 35.5. The smallest absolute Gasteiger partial charge is 0.0205 e. The van der Waals surface area contributed by atoms with Gasteiger partial charge in [-0.25, -0.2) is 0 Å². The summed E-state index contributed by atoms with van der Waals surface area (Å²) in [5.41, 5.74) is 1.39. The minimum absolute atomic E-state index is 0. The Kier molecular flexibility index (Phi) is 4.99. The number of nitrogens with one attached hydrogen (secondary N) is 1. The summed E-state index contributed by atoms with van der Waals surface area (Å²) < 4.78 is 0.